The summed E-state index contributed by atoms with van der Waals surface area (Å²) in [5, 5.41) is 3.72. The predicted molar refractivity (Wildman–Crippen MR) is 114 cm³/mol. The number of benzene rings is 1. The van der Waals surface area contributed by atoms with Crippen molar-refractivity contribution in [1.82, 2.24) is 19.5 Å². The molecule has 4 rings (SSSR count). The molecule has 0 atom stereocenters. The van der Waals surface area contributed by atoms with Crippen LogP contribution in [0.5, 0.6) is 5.75 Å². The number of hydrogen-bond donors (Lipinski definition) is 0. The molecule has 8 nitrogen and oxygen atoms in total. The van der Waals surface area contributed by atoms with E-state index in [9.17, 15) is 21.6 Å². The van der Waals surface area contributed by atoms with E-state index in [1.807, 2.05) is 0 Å². The first-order chi connectivity index (χ1) is 15.3. The predicted octanol–water partition coefficient (Wildman–Crippen LogP) is 5.41. The number of rotatable bonds is 5. The van der Waals surface area contributed by atoms with Crippen LogP contribution in [-0.2, 0) is 16.0 Å². The molecule has 0 unspecified atom stereocenters. The number of alkyl halides is 3. The normalized spacial score (nSPS) is 12.5. The molecule has 3 heterocycles. The molecule has 0 saturated heterocycles. The fourth-order valence-corrected chi connectivity index (χ4v) is 3.79. The van der Waals surface area contributed by atoms with Crippen LogP contribution in [0.2, 0.25) is 15.1 Å². The van der Waals surface area contributed by atoms with Gasteiger partial charge in [-0.2, -0.15) is 18.2 Å². The minimum Gasteiger partial charge on any atom is -0.476 e. The lowest BCUT2D eigenvalue weighted by Crippen LogP contribution is -2.09. The van der Waals surface area contributed by atoms with E-state index in [1.54, 1.807) is 0 Å². The number of pyridine rings is 1. The van der Waals surface area contributed by atoms with Crippen molar-refractivity contribution >= 4 is 50.3 Å². The molecular formula is C18H10Cl3F3N4O4S. The molecule has 4 aromatic rings. The Balaban J connectivity index is 1.68. The summed E-state index contributed by atoms with van der Waals surface area (Å²) in [4.78, 5) is 8.31. The van der Waals surface area contributed by atoms with Crippen molar-refractivity contribution in [3.63, 3.8) is 0 Å². The van der Waals surface area contributed by atoms with E-state index in [1.165, 1.54) is 18.3 Å². The Morgan fingerprint density at radius 1 is 1.06 bits per heavy atom. The SMILES string of the molecule is CS(=O)(=O)COc1cc(Cl)c(-c2noc(-c3cn4cc(C(F)(F)F)cc(Cl)c4n3)n2)cc1Cl. The smallest absolute Gasteiger partial charge is 0.417 e. The number of nitrogens with zero attached hydrogens (tertiary/aromatic N) is 4. The van der Waals surface area contributed by atoms with Gasteiger partial charge in [-0.1, -0.05) is 40.0 Å². The zero-order valence-corrected chi connectivity index (χ0v) is 19.3. The standard InChI is InChI=1S/C18H10Cl3F3N4O4S/c1-33(29,30)7-31-14-4-10(19)9(3-11(14)20)15-26-17(32-27-15)13-6-28-5-8(18(22,23)24)2-12(21)16(28)25-13/h2-6H,7H2,1H3. The zero-order valence-electron chi connectivity index (χ0n) is 16.2. The number of hydrogen-bond acceptors (Lipinski definition) is 7. The van der Waals surface area contributed by atoms with Gasteiger partial charge < -0.3 is 13.7 Å². The number of halogens is 6. The summed E-state index contributed by atoms with van der Waals surface area (Å²) in [6, 6.07) is 3.41. The number of aromatic nitrogens is 4. The quantitative estimate of drug-likeness (QED) is 0.333. The minimum absolute atomic E-state index is 0.00527. The molecule has 0 bridgehead atoms. The maximum absolute atomic E-state index is 13.0. The lowest BCUT2D eigenvalue weighted by Gasteiger charge is -2.09. The molecule has 0 aliphatic heterocycles. The third-order valence-corrected chi connectivity index (χ3v) is 5.60. The van der Waals surface area contributed by atoms with Crippen LogP contribution in [0, 0.1) is 0 Å². The fraction of sp³-hybridized carbons (Fsp3) is 0.167. The maximum atomic E-state index is 13.0. The number of ether oxygens (including phenoxy) is 1. The van der Waals surface area contributed by atoms with Gasteiger partial charge in [0, 0.05) is 30.3 Å². The van der Waals surface area contributed by atoms with Crippen molar-refractivity contribution in [2.24, 2.45) is 0 Å². The molecule has 0 N–H and O–H groups in total. The zero-order chi connectivity index (χ0) is 24.1. The van der Waals surface area contributed by atoms with Crippen LogP contribution in [0.1, 0.15) is 5.56 Å². The van der Waals surface area contributed by atoms with Crippen molar-refractivity contribution in [2.45, 2.75) is 6.18 Å². The Morgan fingerprint density at radius 3 is 2.45 bits per heavy atom. The molecule has 33 heavy (non-hydrogen) atoms. The highest BCUT2D eigenvalue weighted by Gasteiger charge is 2.32. The van der Waals surface area contributed by atoms with Gasteiger partial charge in [-0.05, 0) is 12.1 Å². The van der Waals surface area contributed by atoms with E-state index >= 15 is 0 Å². The summed E-state index contributed by atoms with van der Waals surface area (Å²) in [5.41, 5.74) is -0.572. The molecule has 1 aromatic carbocycles. The molecule has 0 aliphatic carbocycles. The number of sulfone groups is 1. The third-order valence-electron chi connectivity index (χ3n) is 4.17. The highest BCUT2D eigenvalue weighted by molar-refractivity contribution is 7.90. The van der Waals surface area contributed by atoms with Gasteiger partial charge >= 0.3 is 6.18 Å². The Hall–Kier alpha value is -2.54. The lowest BCUT2D eigenvalue weighted by atomic mass is 10.2. The van der Waals surface area contributed by atoms with Crippen LogP contribution >= 0.6 is 34.8 Å². The van der Waals surface area contributed by atoms with Crippen molar-refractivity contribution in [3.05, 3.63) is 51.2 Å². The second-order valence-electron chi connectivity index (χ2n) is 6.81. The van der Waals surface area contributed by atoms with Crippen molar-refractivity contribution < 1.29 is 30.8 Å². The van der Waals surface area contributed by atoms with Gasteiger partial charge in [0.25, 0.3) is 5.89 Å². The van der Waals surface area contributed by atoms with Crippen LogP contribution in [0.3, 0.4) is 0 Å². The van der Waals surface area contributed by atoms with E-state index in [0.717, 1.165) is 22.9 Å². The summed E-state index contributed by atoms with van der Waals surface area (Å²) in [5.74, 6) is -0.662. The molecule has 0 spiro atoms. The Kier molecular flexibility index (Phi) is 5.97. The summed E-state index contributed by atoms with van der Waals surface area (Å²) in [6.45, 7) is 0. The fourth-order valence-electron chi connectivity index (χ4n) is 2.73. The number of imidazole rings is 1. The van der Waals surface area contributed by atoms with Gasteiger partial charge in [0.2, 0.25) is 5.82 Å². The summed E-state index contributed by atoms with van der Waals surface area (Å²) < 4.78 is 73.1. The molecule has 0 fully saturated rings. The number of fused-ring (bicyclic) bond motifs is 1. The summed E-state index contributed by atoms with van der Waals surface area (Å²) in [6.07, 6.45) is -1.51. The van der Waals surface area contributed by atoms with Gasteiger partial charge in [0.05, 0.1) is 20.6 Å². The molecule has 0 amide bonds. The lowest BCUT2D eigenvalue weighted by molar-refractivity contribution is -0.137. The van der Waals surface area contributed by atoms with E-state index in [2.05, 4.69) is 15.1 Å². The molecule has 0 radical (unpaired) electrons. The van der Waals surface area contributed by atoms with Crippen LogP contribution < -0.4 is 4.74 Å². The Labute approximate surface area is 198 Å². The van der Waals surface area contributed by atoms with E-state index in [4.69, 9.17) is 44.1 Å². The van der Waals surface area contributed by atoms with Gasteiger partial charge in [0.15, 0.2) is 21.4 Å². The van der Waals surface area contributed by atoms with E-state index < -0.39 is 27.5 Å². The highest BCUT2D eigenvalue weighted by atomic mass is 35.5. The molecular weight excluding hydrogens is 532 g/mol. The topological polar surface area (TPSA) is 99.6 Å². The second kappa shape index (κ2) is 8.35. The molecule has 0 aliphatic rings. The van der Waals surface area contributed by atoms with Crippen LogP contribution in [-0.4, -0.2) is 40.1 Å². The first-order valence-electron chi connectivity index (χ1n) is 8.71. The van der Waals surface area contributed by atoms with Crippen molar-refractivity contribution in [2.75, 3.05) is 12.2 Å². The first-order valence-corrected chi connectivity index (χ1v) is 11.9. The molecule has 174 valence electrons. The average molecular weight is 542 g/mol. The summed E-state index contributed by atoms with van der Waals surface area (Å²) in [7, 11) is -3.41. The molecule has 15 heteroatoms. The molecule has 0 saturated carbocycles. The van der Waals surface area contributed by atoms with Crippen molar-refractivity contribution in [1.29, 1.82) is 0 Å². The largest absolute Gasteiger partial charge is 0.476 e. The van der Waals surface area contributed by atoms with E-state index in [0.29, 0.717) is 0 Å². The van der Waals surface area contributed by atoms with E-state index in [-0.39, 0.29) is 49.4 Å². The summed E-state index contributed by atoms with van der Waals surface area (Å²) >= 11 is 18.3. The van der Waals surface area contributed by atoms with Crippen LogP contribution in [0.25, 0.3) is 28.6 Å². The van der Waals surface area contributed by atoms with Crippen LogP contribution in [0.4, 0.5) is 13.2 Å². The maximum Gasteiger partial charge on any atom is 0.417 e. The monoisotopic (exact) mass is 540 g/mol. The third kappa shape index (κ3) is 5.03. The first kappa shape index (κ1) is 23.6. The van der Waals surface area contributed by atoms with Gasteiger partial charge in [-0.3, -0.25) is 0 Å². The van der Waals surface area contributed by atoms with Gasteiger partial charge in [-0.15, -0.1) is 0 Å². The van der Waals surface area contributed by atoms with Gasteiger partial charge in [-0.25, -0.2) is 13.4 Å². The average Bonchev–Trinajstić information content (AvgIpc) is 3.34. The highest BCUT2D eigenvalue weighted by Crippen LogP contribution is 2.37. The van der Waals surface area contributed by atoms with Crippen LogP contribution in [0.15, 0.2) is 35.1 Å². The Bertz CT molecular complexity index is 1490. The van der Waals surface area contributed by atoms with Crippen molar-refractivity contribution in [3.8, 4) is 28.7 Å². The van der Waals surface area contributed by atoms with Gasteiger partial charge in [0.1, 0.15) is 11.4 Å². The Morgan fingerprint density at radius 2 is 1.79 bits per heavy atom. The molecule has 3 aromatic heterocycles. The minimum atomic E-state index is -4.59. The second-order valence-corrected chi connectivity index (χ2v) is 10.1.